The SMILES string of the molecule is CCOCCc1nc(C2(N)CCCC2)cs1. The van der Waals surface area contributed by atoms with Crippen LogP contribution in [-0.2, 0) is 16.7 Å². The van der Waals surface area contributed by atoms with E-state index in [4.69, 9.17) is 10.5 Å². The molecule has 1 aliphatic carbocycles. The van der Waals surface area contributed by atoms with Crippen LogP contribution in [-0.4, -0.2) is 18.2 Å². The molecular formula is C12H20N2OS. The molecule has 0 radical (unpaired) electrons. The summed E-state index contributed by atoms with van der Waals surface area (Å²) in [5.74, 6) is 0. The van der Waals surface area contributed by atoms with E-state index in [-0.39, 0.29) is 5.54 Å². The lowest BCUT2D eigenvalue weighted by Gasteiger charge is -2.20. The van der Waals surface area contributed by atoms with Crippen LogP contribution in [0.2, 0.25) is 0 Å². The fourth-order valence-electron chi connectivity index (χ4n) is 2.22. The zero-order valence-corrected chi connectivity index (χ0v) is 10.7. The minimum Gasteiger partial charge on any atom is -0.381 e. The predicted molar refractivity (Wildman–Crippen MR) is 66.6 cm³/mol. The van der Waals surface area contributed by atoms with Crippen molar-refractivity contribution in [3.8, 4) is 0 Å². The van der Waals surface area contributed by atoms with Gasteiger partial charge in [-0.2, -0.15) is 0 Å². The Bertz CT molecular complexity index is 332. The summed E-state index contributed by atoms with van der Waals surface area (Å²) >= 11 is 1.71. The summed E-state index contributed by atoms with van der Waals surface area (Å²) in [6.45, 7) is 3.56. The van der Waals surface area contributed by atoms with Crippen molar-refractivity contribution in [2.24, 2.45) is 5.73 Å². The number of nitrogens with two attached hydrogens (primary N) is 1. The first kappa shape index (κ1) is 12.0. The fraction of sp³-hybridized carbons (Fsp3) is 0.750. The van der Waals surface area contributed by atoms with Gasteiger partial charge in [-0.3, -0.25) is 0 Å². The van der Waals surface area contributed by atoms with Crippen LogP contribution in [0.5, 0.6) is 0 Å². The molecule has 0 aromatic carbocycles. The molecule has 4 heteroatoms. The normalized spacial score (nSPS) is 19.1. The van der Waals surface area contributed by atoms with Crippen LogP contribution >= 0.6 is 11.3 Å². The predicted octanol–water partition coefficient (Wildman–Crippen LogP) is 2.45. The molecule has 0 atom stereocenters. The highest BCUT2D eigenvalue weighted by Crippen LogP contribution is 2.36. The smallest absolute Gasteiger partial charge is 0.0952 e. The van der Waals surface area contributed by atoms with Gasteiger partial charge in [0.05, 0.1) is 22.8 Å². The summed E-state index contributed by atoms with van der Waals surface area (Å²) in [6, 6.07) is 0. The van der Waals surface area contributed by atoms with Crippen molar-refractivity contribution in [1.82, 2.24) is 4.98 Å². The molecule has 0 amide bonds. The summed E-state index contributed by atoms with van der Waals surface area (Å²) < 4.78 is 5.33. The molecule has 1 saturated carbocycles. The topological polar surface area (TPSA) is 48.1 Å². The Balaban J connectivity index is 1.96. The maximum atomic E-state index is 6.36. The maximum absolute atomic E-state index is 6.36. The highest BCUT2D eigenvalue weighted by Gasteiger charge is 2.33. The average Bonchev–Trinajstić information content (AvgIpc) is 2.88. The van der Waals surface area contributed by atoms with Gasteiger partial charge in [0.25, 0.3) is 0 Å². The van der Waals surface area contributed by atoms with Gasteiger partial charge in [0, 0.05) is 18.4 Å². The Morgan fingerprint density at radius 1 is 1.50 bits per heavy atom. The van der Waals surface area contributed by atoms with E-state index >= 15 is 0 Å². The van der Waals surface area contributed by atoms with Gasteiger partial charge in [-0.15, -0.1) is 11.3 Å². The second kappa shape index (κ2) is 5.25. The first-order valence-electron chi connectivity index (χ1n) is 6.06. The summed E-state index contributed by atoms with van der Waals surface area (Å²) in [5, 5.41) is 3.28. The van der Waals surface area contributed by atoms with E-state index in [0.717, 1.165) is 43.2 Å². The molecule has 0 aliphatic heterocycles. The first-order valence-corrected chi connectivity index (χ1v) is 6.94. The number of aromatic nitrogens is 1. The van der Waals surface area contributed by atoms with Crippen LogP contribution in [0.25, 0.3) is 0 Å². The Morgan fingerprint density at radius 3 is 2.94 bits per heavy atom. The number of nitrogens with zero attached hydrogens (tertiary/aromatic N) is 1. The van der Waals surface area contributed by atoms with Crippen LogP contribution in [0.15, 0.2) is 5.38 Å². The molecule has 1 aromatic rings. The lowest BCUT2D eigenvalue weighted by molar-refractivity contribution is 0.151. The average molecular weight is 240 g/mol. The Labute approximate surface area is 101 Å². The second-order valence-electron chi connectivity index (χ2n) is 4.44. The van der Waals surface area contributed by atoms with Gasteiger partial charge < -0.3 is 10.5 Å². The molecule has 2 rings (SSSR count). The Hall–Kier alpha value is -0.450. The molecule has 1 aliphatic rings. The van der Waals surface area contributed by atoms with E-state index in [9.17, 15) is 0 Å². The molecule has 0 unspecified atom stereocenters. The number of thiazole rings is 1. The van der Waals surface area contributed by atoms with Gasteiger partial charge in [0.2, 0.25) is 0 Å². The zero-order valence-electron chi connectivity index (χ0n) is 9.87. The molecule has 0 saturated heterocycles. The highest BCUT2D eigenvalue weighted by atomic mass is 32.1. The van der Waals surface area contributed by atoms with Crippen molar-refractivity contribution in [3.05, 3.63) is 16.1 Å². The number of hydrogen-bond acceptors (Lipinski definition) is 4. The lowest BCUT2D eigenvalue weighted by Crippen LogP contribution is -2.33. The molecule has 0 spiro atoms. The van der Waals surface area contributed by atoms with Crippen molar-refractivity contribution in [3.63, 3.8) is 0 Å². The molecule has 16 heavy (non-hydrogen) atoms. The largest absolute Gasteiger partial charge is 0.381 e. The molecule has 1 aromatic heterocycles. The van der Waals surface area contributed by atoms with Gasteiger partial charge in [-0.25, -0.2) is 4.98 Å². The van der Waals surface area contributed by atoms with Gasteiger partial charge in [-0.1, -0.05) is 12.8 Å². The van der Waals surface area contributed by atoms with E-state index in [1.165, 1.54) is 12.8 Å². The summed E-state index contributed by atoms with van der Waals surface area (Å²) in [5.41, 5.74) is 7.32. The summed E-state index contributed by atoms with van der Waals surface area (Å²) in [4.78, 5) is 4.65. The molecule has 1 fully saturated rings. The minimum atomic E-state index is -0.139. The molecular weight excluding hydrogens is 220 g/mol. The third-order valence-electron chi connectivity index (χ3n) is 3.22. The lowest BCUT2D eigenvalue weighted by atomic mass is 9.96. The van der Waals surface area contributed by atoms with Crippen LogP contribution < -0.4 is 5.73 Å². The number of rotatable bonds is 5. The summed E-state index contributed by atoms with van der Waals surface area (Å²) in [7, 11) is 0. The molecule has 90 valence electrons. The molecule has 2 N–H and O–H groups in total. The minimum absolute atomic E-state index is 0.139. The van der Waals surface area contributed by atoms with E-state index in [1.54, 1.807) is 11.3 Å². The van der Waals surface area contributed by atoms with Crippen molar-refractivity contribution >= 4 is 11.3 Å². The molecule has 3 nitrogen and oxygen atoms in total. The number of hydrogen-bond donors (Lipinski definition) is 1. The van der Waals surface area contributed by atoms with E-state index in [2.05, 4.69) is 10.4 Å². The van der Waals surface area contributed by atoms with Crippen molar-refractivity contribution in [2.75, 3.05) is 13.2 Å². The quantitative estimate of drug-likeness (QED) is 0.804. The van der Waals surface area contributed by atoms with Crippen LogP contribution in [0, 0.1) is 0 Å². The maximum Gasteiger partial charge on any atom is 0.0952 e. The van der Waals surface area contributed by atoms with Gasteiger partial charge >= 0.3 is 0 Å². The van der Waals surface area contributed by atoms with Crippen LogP contribution in [0.1, 0.15) is 43.3 Å². The zero-order chi connectivity index (χ0) is 11.4. The van der Waals surface area contributed by atoms with Crippen molar-refractivity contribution in [2.45, 2.75) is 44.6 Å². The van der Waals surface area contributed by atoms with E-state index < -0.39 is 0 Å². The highest BCUT2D eigenvalue weighted by molar-refractivity contribution is 7.09. The Kier molecular flexibility index (Phi) is 3.95. The third-order valence-corrected chi connectivity index (χ3v) is 4.13. The number of ether oxygens (including phenoxy) is 1. The summed E-state index contributed by atoms with van der Waals surface area (Å²) in [6.07, 6.45) is 5.56. The van der Waals surface area contributed by atoms with Crippen molar-refractivity contribution in [1.29, 1.82) is 0 Å². The van der Waals surface area contributed by atoms with Gasteiger partial charge in [-0.05, 0) is 19.8 Å². The first-order chi connectivity index (χ1) is 7.74. The van der Waals surface area contributed by atoms with E-state index in [1.807, 2.05) is 6.92 Å². The second-order valence-corrected chi connectivity index (χ2v) is 5.38. The van der Waals surface area contributed by atoms with Crippen LogP contribution in [0.3, 0.4) is 0 Å². The van der Waals surface area contributed by atoms with Crippen molar-refractivity contribution < 1.29 is 4.74 Å². The van der Waals surface area contributed by atoms with Crippen LogP contribution in [0.4, 0.5) is 0 Å². The molecule has 0 bridgehead atoms. The monoisotopic (exact) mass is 240 g/mol. The Morgan fingerprint density at radius 2 is 2.25 bits per heavy atom. The molecule has 1 heterocycles. The fourth-order valence-corrected chi connectivity index (χ4v) is 3.11. The van der Waals surface area contributed by atoms with Gasteiger partial charge in [0.15, 0.2) is 0 Å². The van der Waals surface area contributed by atoms with E-state index in [0.29, 0.717) is 0 Å². The third kappa shape index (κ3) is 2.62. The standard InChI is InChI=1S/C12H20N2OS/c1-2-15-8-5-11-14-10(9-16-11)12(13)6-3-4-7-12/h9H,2-8,13H2,1H3. The van der Waals surface area contributed by atoms with Gasteiger partial charge in [0.1, 0.15) is 0 Å².